The van der Waals surface area contributed by atoms with Crippen LogP contribution in [0.4, 0.5) is 0 Å². The van der Waals surface area contributed by atoms with Crippen LogP contribution in [0.3, 0.4) is 0 Å². The first kappa shape index (κ1) is 15.6. The second-order valence-corrected chi connectivity index (χ2v) is 11.5. The largest absolute Gasteiger partial charge is 0.456 e. The van der Waals surface area contributed by atoms with E-state index in [-0.39, 0.29) is 11.1 Å². The van der Waals surface area contributed by atoms with Gasteiger partial charge in [0.25, 0.3) is 0 Å². The maximum Gasteiger partial charge on any atom is 0.136 e. The fourth-order valence-corrected chi connectivity index (χ4v) is 6.74. The second-order valence-electron chi connectivity index (χ2n) is 11.5. The number of fused-ring (bicyclic) bond motifs is 6. The van der Waals surface area contributed by atoms with E-state index in [4.69, 9.17) is 16.8 Å². The van der Waals surface area contributed by atoms with E-state index in [1.807, 2.05) is 54.6 Å². The first-order valence-corrected chi connectivity index (χ1v) is 15.5. The molecule has 49 heavy (non-hydrogen) atoms. The summed E-state index contributed by atoms with van der Waals surface area (Å²) in [6.45, 7) is 0. The molecule has 228 valence electrons. The molecule has 0 unspecified atom stereocenters. The molecular weight excluding hydrogens is 593 g/mol. The minimum atomic E-state index is -0.828. The van der Waals surface area contributed by atoms with Crippen LogP contribution in [0.25, 0.3) is 98.8 Å². The fourth-order valence-electron chi connectivity index (χ4n) is 6.74. The quantitative estimate of drug-likeness (QED) is 0.175. The molecule has 0 atom stereocenters. The van der Waals surface area contributed by atoms with Crippen LogP contribution in [0.2, 0.25) is 0 Å². The molecule has 0 spiro atoms. The molecule has 0 radical (unpaired) electrons. The molecule has 9 aromatic carbocycles. The molecule has 1 aromatic heterocycles. The monoisotopic (exact) mass is 639 g/mol. The van der Waals surface area contributed by atoms with Gasteiger partial charge in [0, 0.05) is 10.8 Å². The summed E-state index contributed by atoms with van der Waals surface area (Å²) in [4.78, 5) is 0. The van der Waals surface area contributed by atoms with Crippen molar-refractivity contribution in [3.05, 3.63) is 182 Å². The van der Waals surface area contributed by atoms with Crippen molar-refractivity contribution in [3.8, 4) is 44.5 Å². The lowest BCUT2D eigenvalue weighted by molar-refractivity contribution is 0.669. The SMILES string of the molecule is [2H]c1c([2H])c([2H])c(-c2c3c([2H])c([2H])c([2H])c([2H])c3c(-c3c([2H])c([2H])c(-c4cccc5oc6cccc(-c7ccc8ccccc8c7)c6c45)c([2H])c3[2H])c3c([2H])c([2H])c([2H])c([2H])c23)c([2H])c1[2H]. The summed E-state index contributed by atoms with van der Waals surface area (Å²) in [5.74, 6) is 0. The Hall–Kier alpha value is -6.44. The van der Waals surface area contributed by atoms with Crippen molar-refractivity contribution in [2.75, 3.05) is 0 Å². The first-order valence-electron chi connectivity index (χ1n) is 24.0. The summed E-state index contributed by atoms with van der Waals surface area (Å²) >= 11 is 0. The highest BCUT2D eigenvalue weighted by atomic mass is 16.3. The highest BCUT2D eigenvalue weighted by Crippen LogP contribution is 2.45. The highest BCUT2D eigenvalue weighted by Gasteiger charge is 2.19. The number of hydrogen-bond acceptors (Lipinski definition) is 1. The van der Waals surface area contributed by atoms with Crippen molar-refractivity contribution >= 4 is 54.3 Å². The molecule has 10 aromatic rings. The average Bonchev–Trinajstić information content (AvgIpc) is 3.71. The zero-order valence-corrected chi connectivity index (χ0v) is 25.4. The van der Waals surface area contributed by atoms with Gasteiger partial charge in [-0.2, -0.15) is 0 Å². The molecule has 1 heteroatoms. The lowest BCUT2D eigenvalue weighted by Crippen LogP contribution is -1.90. The Kier molecular flexibility index (Phi) is 3.54. The highest BCUT2D eigenvalue weighted by molar-refractivity contribution is 6.22. The van der Waals surface area contributed by atoms with Crippen molar-refractivity contribution in [3.63, 3.8) is 0 Å². The maximum atomic E-state index is 9.68. The number of hydrogen-bond donors (Lipinski definition) is 0. The molecule has 1 nitrogen and oxygen atoms in total. The van der Waals surface area contributed by atoms with E-state index >= 15 is 0 Å². The van der Waals surface area contributed by atoms with Crippen LogP contribution in [0.5, 0.6) is 0 Å². The molecule has 0 fully saturated rings. The Morgan fingerprint density at radius 2 is 0.857 bits per heavy atom. The molecule has 0 saturated heterocycles. The van der Waals surface area contributed by atoms with Crippen LogP contribution in [-0.2, 0) is 0 Å². The molecule has 0 aliphatic carbocycles. The van der Waals surface area contributed by atoms with E-state index < -0.39 is 147 Å². The van der Waals surface area contributed by atoms with E-state index in [0.717, 1.165) is 21.9 Å². The summed E-state index contributed by atoms with van der Waals surface area (Å²) < 4.78 is 160. The minimum absolute atomic E-state index is 0.150. The smallest absolute Gasteiger partial charge is 0.136 e. The molecule has 0 amide bonds. The Morgan fingerprint density at radius 1 is 0.367 bits per heavy atom. The van der Waals surface area contributed by atoms with Gasteiger partial charge in [0.1, 0.15) is 11.2 Å². The third-order valence-electron chi connectivity index (χ3n) is 8.85. The van der Waals surface area contributed by atoms with Gasteiger partial charge < -0.3 is 4.42 Å². The van der Waals surface area contributed by atoms with E-state index in [1.54, 1.807) is 24.3 Å². The van der Waals surface area contributed by atoms with Crippen LogP contribution in [0.1, 0.15) is 23.3 Å². The van der Waals surface area contributed by atoms with Crippen molar-refractivity contribution in [1.29, 1.82) is 0 Å². The molecule has 1 heterocycles. The molecule has 0 aliphatic rings. The molecule has 0 aliphatic heterocycles. The third kappa shape index (κ3) is 4.40. The summed E-state index contributed by atoms with van der Waals surface area (Å²) in [6.07, 6.45) is 0. The van der Waals surface area contributed by atoms with E-state index in [0.29, 0.717) is 21.9 Å². The number of rotatable bonds is 4. The van der Waals surface area contributed by atoms with Gasteiger partial charge in [-0.05, 0) is 95.0 Å². The predicted molar refractivity (Wildman–Crippen MR) is 208 cm³/mol. The zero-order valence-electron chi connectivity index (χ0n) is 42.4. The van der Waals surface area contributed by atoms with Gasteiger partial charge in [0.05, 0.1) is 23.3 Å². The summed E-state index contributed by atoms with van der Waals surface area (Å²) in [7, 11) is 0. The van der Waals surface area contributed by atoms with Crippen LogP contribution in [0, 0.1) is 0 Å². The van der Waals surface area contributed by atoms with Crippen molar-refractivity contribution in [2.45, 2.75) is 0 Å². The lowest BCUT2D eigenvalue weighted by atomic mass is 9.85. The number of furan rings is 1. The average molecular weight is 640 g/mol. The Balaban J connectivity index is 1.36. The summed E-state index contributed by atoms with van der Waals surface area (Å²) in [5.41, 5.74) is 0.449. The standard InChI is InChI=1S/C48H30O/c1-2-13-33(14-3-1)45-39-16-6-8-18-41(39)46(42-19-9-7-17-40(42)45)34-27-25-32(26-28-34)37-20-10-22-43-47(37)48-38(21-11-23-44(48)49-43)36-29-24-31-12-4-5-15-35(31)30-36/h1-30H/i1D,2D,3D,6D,7D,8D,9D,13D,14D,16D,17D,18D,19D,25D,26D,27D,28D. The van der Waals surface area contributed by atoms with Crippen LogP contribution < -0.4 is 0 Å². The van der Waals surface area contributed by atoms with Crippen LogP contribution >= 0.6 is 0 Å². The number of benzene rings is 9. The first-order chi connectivity index (χ1) is 31.4. The molecular formula is C48H30O. The molecule has 0 N–H and O–H groups in total. The van der Waals surface area contributed by atoms with E-state index in [9.17, 15) is 11.0 Å². The fraction of sp³-hybridized carbons (Fsp3) is 0. The molecule has 10 rings (SSSR count). The Morgan fingerprint density at radius 3 is 1.45 bits per heavy atom. The van der Waals surface area contributed by atoms with E-state index in [2.05, 4.69) is 0 Å². The van der Waals surface area contributed by atoms with Gasteiger partial charge in [-0.25, -0.2) is 0 Å². The van der Waals surface area contributed by atoms with Gasteiger partial charge >= 0.3 is 0 Å². The van der Waals surface area contributed by atoms with Gasteiger partial charge in [0.2, 0.25) is 0 Å². The van der Waals surface area contributed by atoms with E-state index in [1.165, 1.54) is 0 Å². The maximum absolute atomic E-state index is 9.68. The summed E-state index contributed by atoms with van der Waals surface area (Å²) in [5, 5.41) is 1.08. The van der Waals surface area contributed by atoms with Gasteiger partial charge in [-0.1, -0.05) is 163 Å². The van der Waals surface area contributed by atoms with Crippen molar-refractivity contribution in [1.82, 2.24) is 0 Å². The second kappa shape index (κ2) is 11.1. The topological polar surface area (TPSA) is 13.1 Å². The van der Waals surface area contributed by atoms with Crippen LogP contribution in [-0.4, -0.2) is 0 Å². The Labute approximate surface area is 308 Å². The predicted octanol–water partition coefficient (Wildman–Crippen LogP) is 13.7. The lowest BCUT2D eigenvalue weighted by Gasteiger charge is -2.18. The van der Waals surface area contributed by atoms with Gasteiger partial charge in [0.15, 0.2) is 0 Å². The van der Waals surface area contributed by atoms with Crippen LogP contribution in [0.15, 0.2) is 186 Å². The van der Waals surface area contributed by atoms with Gasteiger partial charge in [-0.15, -0.1) is 0 Å². The van der Waals surface area contributed by atoms with Crippen molar-refractivity contribution < 1.29 is 27.7 Å². The zero-order chi connectivity index (χ0) is 47.1. The molecule has 0 saturated carbocycles. The Bertz CT molecular complexity index is 3720. The molecule has 0 bridgehead atoms. The summed E-state index contributed by atoms with van der Waals surface area (Å²) in [6, 6.07) is 11.3. The van der Waals surface area contributed by atoms with Gasteiger partial charge in [-0.3, -0.25) is 0 Å². The normalized spacial score (nSPS) is 16.5. The minimum Gasteiger partial charge on any atom is -0.456 e. The third-order valence-corrected chi connectivity index (χ3v) is 8.85. The van der Waals surface area contributed by atoms with Crippen molar-refractivity contribution in [2.24, 2.45) is 0 Å².